The van der Waals surface area contributed by atoms with Gasteiger partial charge in [-0.2, -0.15) is 0 Å². The molecule has 2 aromatic rings. The van der Waals surface area contributed by atoms with Crippen LogP contribution in [0.25, 0.3) is 0 Å². The highest BCUT2D eigenvalue weighted by atomic mass is 16.3. The van der Waals surface area contributed by atoms with Crippen molar-refractivity contribution < 1.29 is 14.0 Å². The highest BCUT2D eigenvalue weighted by molar-refractivity contribution is 5.91. The summed E-state index contributed by atoms with van der Waals surface area (Å²) >= 11 is 0. The Labute approximate surface area is 171 Å². The van der Waals surface area contributed by atoms with Gasteiger partial charge in [-0.25, -0.2) is 4.79 Å². The van der Waals surface area contributed by atoms with Crippen molar-refractivity contribution in [2.75, 3.05) is 26.2 Å². The molecule has 0 bridgehead atoms. The Kier molecular flexibility index (Phi) is 6.17. The lowest BCUT2D eigenvalue weighted by atomic mass is 9.90. The molecule has 6 heteroatoms. The number of hydrogen-bond acceptors (Lipinski definition) is 3. The number of rotatable bonds is 4. The lowest BCUT2D eigenvalue weighted by molar-refractivity contribution is 0.0673. The topological polar surface area (TPSA) is 65.8 Å². The number of carbonyl (C=O) groups excluding carboxylic acids is 2. The van der Waals surface area contributed by atoms with Crippen molar-refractivity contribution in [2.45, 2.75) is 38.1 Å². The van der Waals surface area contributed by atoms with Gasteiger partial charge in [0.15, 0.2) is 5.76 Å². The van der Waals surface area contributed by atoms with Crippen molar-refractivity contribution in [1.82, 2.24) is 15.1 Å². The third-order valence-corrected chi connectivity index (χ3v) is 6.11. The van der Waals surface area contributed by atoms with E-state index in [4.69, 9.17) is 4.42 Å². The molecule has 3 heterocycles. The predicted octanol–water partition coefficient (Wildman–Crippen LogP) is 3.55. The summed E-state index contributed by atoms with van der Waals surface area (Å²) in [6.07, 6.45) is 6.28. The zero-order valence-electron chi connectivity index (χ0n) is 16.8. The zero-order chi connectivity index (χ0) is 20.1. The van der Waals surface area contributed by atoms with Gasteiger partial charge in [-0.3, -0.25) is 4.79 Å². The number of urea groups is 1. The first-order valence-corrected chi connectivity index (χ1v) is 10.6. The fraction of sp³-hybridized carbons (Fsp3) is 0.478. The number of furan rings is 1. The minimum atomic E-state index is -0.0692. The van der Waals surface area contributed by atoms with Crippen LogP contribution in [0.5, 0.6) is 0 Å². The van der Waals surface area contributed by atoms with Crippen LogP contribution in [0.4, 0.5) is 4.79 Å². The number of piperidine rings is 2. The molecule has 0 saturated carbocycles. The number of benzene rings is 1. The number of nitrogens with zero attached hydrogens (tertiary/aromatic N) is 2. The van der Waals surface area contributed by atoms with Crippen LogP contribution in [0.1, 0.15) is 41.8 Å². The Morgan fingerprint density at radius 1 is 0.897 bits per heavy atom. The van der Waals surface area contributed by atoms with Gasteiger partial charge in [0.05, 0.1) is 6.26 Å². The second kappa shape index (κ2) is 9.16. The number of amides is 3. The monoisotopic (exact) mass is 395 g/mol. The van der Waals surface area contributed by atoms with Gasteiger partial charge in [0.2, 0.25) is 0 Å². The van der Waals surface area contributed by atoms with Gasteiger partial charge in [-0.1, -0.05) is 30.3 Å². The molecule has 0 atom stereocenters. The summed E-state index contributed by atoms with van der Waals surface area (Å²) in [4.78, 5) is 28.7. The summed E-state index contributed by atoms with van der Waals surface area (Å²) in [5.41, 5.74) is 1.38. The largest absolute Gasteiger partial charge is 0.459 e. The van der Waals surface area contributed by atoms with Crippen LogP contribution < -0.4 is 5.32 Å². The van der Waals surface area contributed by atoms with E-state index in [1.807, 2.05) is 11.0 Å². The number of likely N-dealkylation sites (tertiary alicyclic amines) is 2. The number of nitrogens with one attached hydrogen (secondary N) is 1. The fourth-order valence-corrected chi connectivity index (χ4v) is 4.34. The summed E-state index contributed by atoms with van der Waals surface area (Å²) in [5, 5.41) is 3.17. The molecule has 2 saturated heterocycles. The molecule has 0 unspecified atom stereocenters. The first-order valence-electron chi connectivity index (χ1n) is 10.6. The van der Waals surface area contributed by atoms with Gasteiger partial charge in [-0.05, 0) is 55.7 Å². The average molecular weight is 396 g/mol. The highest BCUT2D eigenvalue weighted by Gasteiger charge is 2.28. The zero-order valence-corrected chi connectivity index (χ0v) is 16.8. The maximum Gasteiger partial charge on any atom is 0.317 e. The summed E-state index contributed by atoms with van der Waals surface area (Å²) in [5.74, 6) is 0.962. The second-order valence-corrected chi connectivity index (χ2v) is 8.11. The van der Waals surface area contributed by atoms with E-state index >= 15 is 0 Å². The molecule has 4 rings (SSSR count). The molecule has 3 amide bonds. The Hall–Kier alpha value is -2.76. The molecule has 2 aliphatic rings. The summed E-state index contributed by atoms with van der Waals surface area (Å²) in [7, 11) is 0. The molecule has 1 aromatic heterocycles. The summed E-state index contributed by atoms with van der Waals surface area (Å²) < 4.78 is 5.20. The van der Waals surface area contributed by atoms with Crippen LogP contribution in [0, 0.1) is 5.92 Å². The maximum atomic E-state index is 12.7. The smallest absolute Gasteiger partial charge is 0.317 e. The Morgan fingerprint density at radius 2 is 1.59 bits per heavy atom. The highest BCUT2D eigenvalue weighted by Crippen LogP contribution is 2.22. The summed E-state index contributed by atoms with van der Waals surface area (Å²) in [6, 6.07) is 14.2. The molecule has 0 radical (unpaired) electrons. The van der Waals surface area contributed by atoms with E-state index in [1.165, 1.54) is 11.8 Å². The first kappa shape index (κ1) is 19.6. The van der Waals surface area contributed by atoms with Gasteiger partial charge < -0.3 is 19.5 Å². The molecule has 1 aromatic carbocycles. The minimum absolute atomic E-state index is 0.0407. The fourth-order valence-electron chi connectivity index (χ4n) is 4.34. The van der Waals surface area contributed by atoms with Crippen molar-refractivity contribution >= 4 is 11.9 Å². The Bertz CT molecular complexity index is 790. The lowest BCUT2D eigenvalue weighted by Gasteiger charge is -2.36. The van der Waals surface area contributed by atoms with Gasteiger partial charge in [-0.15, -0.1) is 0 Å². The summed E-state index contributed by atoms with van der Waals surface area (Å²) in [6.45, 7) is 2.92. The van der Waals surface area contributed by atoms with Crippen LogP contribution in [0.15, 0.2) is 53.1 Å². The molecule has 2 fully saturated rings. The molecule has 29 heavy (non-hydrogen) atoms. The van der Waals surface area contributed by atoms with Crippen LogP contribution in [0.3, 0.4) is 0 Å². The van der Waals surface area contributed by atoms with Gasteiger partial charge in [0.25, 0.3) is 5.91 Å². The van der Waals surface area contributed by atoms with E-state index in [9.17, 15) is 9.59 Å². The predicted molar refractivity (Wildman–Crippen MR) is 111 cm³/mol. The molecular formula is C23H29N3O3. The molecule has 1 N–H and O–H groups in total. The van der Waals surface area contributed by atoms with E-state index in [1.54, 1.807) is 17.0 Å². The van der Waals surface area contributed by atoms with Crippen molar-refractivity contribution in [2.24, 2.45) is 5.92 Å². The van der Waals surface area contributed by atoms with Gasteiger partial charge >= 0.3 is 6.03 Å². The Morgan fingerprint density at radius 3 is 2.24 bits per heavy atom. The minimum Gasteiger partial charge on any atom is -0.459 e. The van der Waals surface area contributed by atoms with E-state index in [-0.39, 0.29) is 18.0 Å². The molecule has 6 nitrogen and oxygen atoms in total. The van der Waals surface area contributed by atoms with Crippen LogP contribution in [-0.2, 0) is 6.42 Å². The van der Waals surface area contributed by atoms with Crippen LogP contribution in [-0.4, -0.2) is 54.0 Å². The molecule has 154 valence electrons. The van der Waals surface area contributed by atoms with Crippen LogP contribution >= 0.6 is 0 Å². The Balaban J connectivity index is 1.18. The molecular weight excluding hydrogens is 366 g/mol. The van der Waals surface area contributed by atoms with Gasteiger partial charge in [0, 0.05) is 32.2 Å². The lowest BCUT2D eigenvalue weighted by Crippen LogP contribution is -2.51. The van der Waals surface area contributed by atoms with E-state index in [2.05, 4.69) is 29.6 Å². The number of carbonyl (C=O) groups is 2. The van der Waals surface area contributed by atoms with E-state index in [0.29, 0.717) is 24.8 Å². The third-order valence-electron chi connectivity index (χ3n) is 6.11. The van der Waals surface area contributed by atoms with Crippen molar-refractivity contribution in [3.05, 3.63) is 60.1 Å². The molecule has 0 spiro atoms. The second-order valence-electron chi connectivity index (χ2n) is 8.11. The third kappa shape index (κ3) is 5.00. The van der Waals surface area contributed by atoms with Crippen molar-refractivity contribution in [1.29, 1.82) is 0 Å². The molecule has 2 aliphatic heterocycles. The average Bonchev–Trinajstić information content (AvgIpc) is 3.30. The van der Waals surface area contributed by atoms with Crippen molar-refractivity contribution in [3.8, 4) is 0 Å². The first-order chi connectivity index (χ1) is 14.2. The standard InChI is InChI=1S/C23H29N3O3/c27-22(21-7-4-16-29-21)25-14-10-20(11-15-25)24-23(28)26-12-8-19(9-13-26)17-18-5-2-1-3-6-18/h1-7,16,19-20H,8-15,17H2,(H,24,28). The van der Waals surface area contributed by atoms with Crippen molar-refractivity contribution in [3.63, 3.8) is 0 Å². The normalized spacial score (nSPS) is 18.6. The SMILES string of the molecule is O=C(NC1CCN(C(=O)c2ccco2)CC1)N1CCC(Cc2ccccc2)CC1. The van der Waals surface area contributed by atoms with Gasteiger partial charge in [0.1, 0.15) is 0 Å². The molecule has 0 aliphatic carbocycles. The maximum absolute atomic E-state index is 12.7. The van der Waals surface area contributed by atoms with E-state index < -0.39 is 0 Å². The quantitative estimate of drug-likeness (QED) is 0.861. The van der Waals surface area contributed by atoms with Crippen LogP contribution in [0.2, 0.25) is 0 Å². The number of hydrogen-bond donors (Lipinski definition) is 1. The van der Waals surface area contributed by atoms with E-state index in [0.717, 1.165) is 45.2 Å².